The number of benzene rings is 1. The molecule has 0 spiro atoms. The molecule has 0 saturated carbocycles. The second-order valence-corrected chi connectivity index (χ2v) is 8.64. The maximum absolute atomic E-state index is 14.9. The van der Waals surface area contributed by atoms with Gasteiger partial charge in [0, 0.05) is 62.4 Å². The minimum Gasteiger partial charge on any atom is -0.382 e. The van der Waals surface area contributed by atoms with Crippen molar-refractivity contribution in [2.24, 2.45) is 0 Å². The van der Waals surface area contributed by atoms with Gasteiger partial charge in [-0.25, -0.2) is 14.4 Å². The first kappa shape index (κ1) is 21.7. The molecule has 8 heteroatoms. The summed E-state index contributed by atoms with van der Waals surface area (Å²) in [4.78, 5) is 17.4. The van der Waals surface area contributed by atoms with Crippen LogP contribution in [-0.2, 0) is 6.54 Å². The summed E-state index contributed by atoms with van der Waals surface area (Å²) >= 11 is 1.63. The average Bonchev–Trinajstić information content (AvgIpc) is 2.81. The molecule has 0 aliphatic carbocycles. The summed E-state index contributed by atoms with van der Waals surface area (Å²) in [6.07, 6.45) is 4.43. The number of piperazine rings is 1. The molecule has 1 atom stereocenters. The second-order valence-electron chi connectivity index (χ2n) is 7.40. The van der Waals surface area contributed by atoms with Crippen molar-refractivity contribution < 1.29 is 9.50 Å². The molecular weight excluding hydrogens is 413 g/mol. The van der Waals surface area contributed by atoms with Crippen molar-refractivity contribution in [1.29, 1.82) is 0 Å². The van der Waals surface area contributed by atoms with Gasteiger partial charge in [-0.15, -0.1) is 0 Å². The van der Waals surface area contributed by atoms with E-state index in [2.05, 4.69) is 26.8 Å². The van der Waals surface area contributed by atoms with Crippen LogP contribution in [0.4, 0.5) is 10.1 Å². The molecule has 1 N–H and O–H groups in total. The van der Waals surface area contributed by atoms with Gasteiger partial charge in [0.2, 0.25) is 0 Å². The van der Waals surface area contributed by atoms with Gasteiger partial charge in [-0.05, 0) is 24.0 Å². The highest BCUT2D eigenvalue weighted by Gasteiger charge is 2.25. The molecule has 2 aromatic heterocycles. The van der Waals surface area contributed by atoms with Crippen LogP contribution in [0.2, 0.25) is 0 Å². The number of aliphatic hydroxyl groups is 1. The summed E-state index contributed by atoms with van der Waals surface area (Å²) < 4.78 is 14.9. The summed E-state index contributed by atoms with van der Waals surface area (Å²) in [6, 6.07) is 10.2. The van der Waals surface area contributed by atoms with Crippen LogP contribution in [0.5, 0.6) is 0 Å². The lowest BCUT2D eigenvalue weighted by Gasteiger charge is -2.37. The van der Waals surface area contributed by atoms with Gasteiger partial charge in [0.25, 0.3) is 0 Å². The minimum atomic E-state index is -0.971. The third-order valence-electron chi connectivity index (χ3n) is 5.33. The van der Waals surface area contributed by atoms with Crippen LogP contribution in [-0.4, -0.2) is 56.9 Å². The Morgan fingerprint density at radius 2 is 1.81 bits per heavy atom. The Balaban J connectivity index is 1.44. The van der Waals surface area contributed by atoms with Crippen molar-refractivity contribution in [2.45, 2.75) is 24.7 Å². The van der Waals surface area contributed by atoms with E-state index < -0.39 is 6.10 Å². The molecule has 4 rings (SSSR count). The van der Waals surface area contributed by atoms with E-state index in [4.69, 9.17) is 0 Å². The molecule has 0 amide bonds. The first-order valence-corrected chi connectivity index (χ1v) is 11.4. The van der Waals surface area contributed by atoms with E-state index in [0.29, 0.717) is 30.0 Å². The Morgan fingerprint density at radius 1 is 1.03 bits per heavy atom. The first-order chi connectivity index (χ1) is 15.2. The highest BCUT2D eigenvalue weighted by molar-refractivity contribution is 7.99. The Kier molecular flexibility index (Phi) is 7.11. The first-order valence-electron chi connectivity index (χ1n) is 10.4. The average molecular weight is 440 g/mol. The molecule has 1 aliphatic heterocycles. The second kappa shape index (κ2) is 10.2. The Hall–Kier alpha value is -2.55. The highest BCUT2D eigenvalue weighted by atomic mass is 32.2. The number of hydrogen-bond acceptors (Lipinski definition) is 7. The maximum atomic E-state index is 14.9. The number of rotatable bonds is 7. The van der Waals surface area contributed by atoms with Crippen molar-refractivity contribution in [2.75, 3.05) is 36.8 Å². The third kappa shape index (κ3) is 5.20. The van der Waals surface area contributed by atoms with Crippen molar-refractivity contribution >= 4 is 17.4 Å². The molecule has 1 fully saturated rings. The maximum Gasteiger partial charge on any atom is 0.187 e. The van der Waals surface area contributed by atoms with E-state index in [0.717, 1.165) is 36.1 Å². The molecule has 3 aromatic rings. The minimum absolute atomic E-state index is 0.321. The summed E-state index contributed by atoms with van der Waals surface area (Å²) in [5, 5.41) is 11.7. The predicted molar refractivity (Wildman–Crippen MR) is 121 cm³/mol. The van der Waals surface area contributed by atoms with Gasteiger partial charge in [-0.3, -0.25) is 9.88 Å². The van der Waals surface area contributed by atoms with Gasteiger partial charge in [0.15, 0.2) is 5.16 Å². The van der Waals surface area contributed by atoms with Gasteiger partial charge in [-0.1, -0.05) is 36.9 Å². The highest BCUT2D eigenvalue weighted by Crippen LogP contribution is 2.33. The monoisotopic (exact) mass is 439 g/mol. The van der Waals surface area contributed by atoms with Gasteiger partial charge in [0.1, 0.15) is 11.9 Å². The zero-order chi connectivity index (χ0) is 21.6. The number of aromatic nitrogens is 3. The van der Waals surface area contributed by atoms with Crippen LogP contribution in [0.1, 0.15) is 29.8 Å². The van der Waals surface area contributed by atoms with Crippen LogP contribution < -0.4 is 4.90 Å². The molecule has 31 heavy (non-hydrogen) atoms. The van der Waals surface area contributed by atoms with Gasteiger partial charge < -0.3 is 10.0 Å². The predicted octanol–water partition coefficient (Wildman–Crippen LogP) is 3.53. The number of aliphatic hydroxyl groups excluding tert-OH is 1. The van der Waals surface area contributed by atoms with Crippen molar-refractivity contribution in [3.63, 3.8) is 0 Å². The van der Waals surface area contributed by atoms with Crippen LogP contribution in [0.15, 0.2) is 60.1 Å². The SMILES string of the molecule is CCSc1ncc(CN2CCN(c3c(F)cccc3C(O)c3ccccn3)CC2)cn1. The number of hydrogen-bond donors (Lipinski definition) is 1. The van der Waals surface area contributed by atoms with Crippen molar-refractivity contribution in [3.8, 4) is 0 Å². The van der Waals surface area contributed by atoms with Crippen molar-refractivity contribution in [1.82, 2.24) is 19.9 Å². The molecule has 1 aliphatic rings. The van der Waals surface area contributed by atoms with E-state index in [9.17, 15) is 9.50 Å². The molecule has 1 unspecified atom stereocenters. The molecule has 162 valence electrons. The summed E-state index contributed by atoms with van der Waals surface area (Å²) in [7, 11) is 0. The zero-order valence-corrected chi connectivity index (χ0v) is 18.3. The van der Waals surface area contributed by atoms with Gasteiger partial charge >= 0.3 is 0 Å². The number of para-hydroxylation sites is 1. The number of halogens is 1. The fourth-order valence-electron chi connectivity index (χ4n) is 3.80. The number of thioether (sulfide) groups is 1. The lowest BCUT2D eigenvalue weighted by molar-refractivity contribution is 0.213. The third-order valence-corrected chi connectivity index (χ3v) is 6.09. The van der Waals surface area contributed by atoms with E-state index in [1.165, 1.54) is 6.07 Å². The molecule has 0 bridgehead atoms. The fraction of sp³-hybridized carbons (Fsp3) is 0.348. The van der Waals surface area contributed by atoms with Crippen LogP contribution in [0.25, 0.3) is 0 Å². The lowest BCUT2D eigenvalue weighted by atomic mass is 10.0. The van der Waals surface area contributed by atoms with Crippen LogP contribution in [0.3, 0.4) is 0 Å². The topological polar surface area (TPSA) is 65.4 Å². The standard InChI is InChI=1S/C23H26FN5OS/c1-2-31-23-26-14-17(15-27-23)16-28-10-12-29(13-11-28)21-18(6-5-7-19(21)24)22(30)20-8-3-4-9-25-20/h3-9,14-15,22,30H,2,10-13,16H2,1H3. The molecular formula is C23H26FN5OS. The molecule has 1 aromatic carbocycles. The van der Waals surface area contributed by atoms with E-state index in [1.54, 1.807) is 42.2 Å². The fourth-order valence-corrected chi connectivity index (χ4v) is 4.31. The largest absolute Gasteiger partial charge is 0.382 e. The lowest BCUT2D eigenvalue weighted by Crippen LogP contribution is -2.46. The summed E-state index contributed by atoms with van der Waals surface area (Å²) in [6.45, 7) is 5.78. The van der Waals surface area contributed by atoms with Crippen LogP contribution >= 0.6 is 11.8 Å². The van der Waals surface area contributed by atoms with Crippen LogP contribution in [0, 0.1) is 5.82 Å². The molecule has 6 nitrogen and oxygen atoms in total. The Bertz CT molecular complexity index is 981. The van der Waals surface area contributed by atoms with E-state index in [-0.39, 0.29) is 5.82 Å². The molecule has 3 heterocycles. The Labute approximate surface area is 186 Å². The number of nitrogens with zero attached hydrogens (tertiary/aromatic N) is 5. The normalized spacial score (nSPS) is 15.8. The van der Waals surface area contributed by atoms with Gasteiger partial charge in [-0.2, -0.15) is 0 Å². The smallest absolute Gasteiger partial charge is 0.187 e. The quantitative estimate of drug-likeness (QED) is 0.446. The Morgan fingerprint density at radius 3 is 2.48 bits per heavy atom. The van der Waals surface area contributed by atoms with Gasteiger partial charge in [0.05, 0.1) is 11.4 Å². The number of anilines is 1. The van der Waals surface area contributed by atoms with Crippen molar-refractivity contribution in [3.05, 3.63) is 77.6 Å². The molecule has 0 radical (unpaired) electrons. The molecule has 1 saturated heterocycles. The number of pyridine rings is 1. The zero-order valence-electron chi connectivity index (χ0n) is 17.5. The summed E-state index contributed by atoms with van der Waals surface area (Å²) in [5.41, 5.74) is 2.60. The van der Waals surface area contributed by atoms with E-state index in [1.807, 2.05) is 23.4 Å². The van der Waals surface area contributed by atoms with E-state index >= 15 is 0 Å². The summed E-state index contributed by atoms with van der Waals surface area (Å²) in [5.74, 6) is 0.632.